The lowest BCUT2D eigenvalue weighted by atomic mass is 9.57. The number of hydrogen-bond acceptors (Lipinski definition) is 4. The van der Waals surface area contributed by atoms with E-state index in [0.717, 1.165) is 48.5 Å². The monoisotopic (exact) mass is 572 g/mol. The Balaban J connectivity index is 1.46. The summed E-state index contributed by atoms with van der Waals surface area (Å²) in [4.78, 5) is 22.7. The second-order valence-electron chi connectivity index (χ2n) is 11.8. The fourth-order valence-corrected chi connectivity index (χ4v) is 9.85. The summed E-state index contributed by atoms with van der Waals surface area (Å²) in [6.07, 6.45) is 0.562. The van der Waals surface area contributed by atoms with Crippen molar-refractivity contribution in [1.29, 1.82) is 0 Å². The van der Waals surface area contributed by atoms with Gasteiger partial charge in [-0.05, 0) is 65.2 Å². The average molecular weight is 573 g/mol. The molecule has 9 rings (SSSR count). The van der Waals surface area contributed by atoms with Gasteiger partial charge in [-0.2, -0.15) is 0 Å². The largest absolute Gasteiger partial charge is 0.382 e. The van der Waals surface area contributed by atoms with Crippen LogP contribution in [0.5, 0.6) is 0 Å². The second-order valence-corrected chi connectivity index (χ2v) is 12.8. The van der Waals surface area contributed by atoms with Gasteiger partial charge in [-0.25, -0.2) is 0 Å². The summed E-state index contributed by atoms with van der Waals surface area (Å²) in [6, 6.07) is 31.0. The number of rotatable bonds is 1. The second kappa shape index (κ2) is 7.03. The molecule has 4 aliphatic rings. The average Bonchev–Trinajstić information content (AvgIpc) is 3.45. The summed E-state index contributed by atoms with van der Waals surface area (Å²) in [5.41, 5.74) is 2.34. The van der Waals surface area contributed by atoms with Crippen LogP contribution in [0, 0.1) is 5.41 Å². The normalized spacial score (nSPS) is 32.0. The highest BCUT2D eigenvalue weighted by molar-refractivity contribution is 9.10. The van der Waals surface area contributed by atoms with Crippen LogP contribution >= 0.6 is 15.9 Å². The number of para-hydroxylation sites is 1. The molecule has 3 aliphatic carbocycles. The summed E-state index contributed by atoms with van der Waals surface area (Å²) in [6.45, 7) is 0.679. The first-order valence-corrected chi connectivity index (χ1v) is 14.4. The highest BCUT2D eigenvalue weighted by Gasteiger charge is 2.85. The van der Waals surface area contributed by atoms with Crippen molar-refractivity contribution in [3.05, 3.63) is 123 Å². The molecule has 5 atom stereocenters. The van der Waals surface area contributed by atoms with E-state index in [2.05, 4.69) is 76.4 Å². The van der Waals surface area contributed by atoms with Gasteiger partial charge in [0.2, 0.25) is 0 Å². The molecule has 2 heterocycles. The number of ketones is 1. The maximum absolute atomic E-state index is 15.3. The fraction of sp³-hybridized carbons (Fsp3) is 0.235. The Morgan fingerprint density at radius 3 is 2.46 bits per heavy atom. The zero-order valence-corrected chi connectivity index (χ0v) is 22.9. The lowest BCUT2D eigenvalue weighted by Crippen LogP contribution is -2.58. The molecule has 39 heavy (non-hydrogen) atoms. The molecule has 4 nitrogen and oxygen atoms in total. The summed E-state index contributed by atoms with van der Waals surface area (Å²) in [5, 5.41) is 16.6. The molecule has 5 heteroatoms. The number of likely N-dealkylation sites (N-methyl/N-ethyl adjacent to an activating group) is 1. The van der Waals surface area contributed by atoms with Crippen LogP contribution in [-0.2, 0) is 11.1 Å². The maximum atomic E-state index is 15.3. The molecule has 1 saturated heterocycles. The number of likely N-dealkylation sites (tertiary alicyclic amines) is 1. The Kier molecular flexibility index (Phi) is 4.04. The van der Waals surface area contributed by atoms with Crippen molar-refractivity contribution in [2.24, 2.45) is 5.41 Å². The van der Waals surface area contributed by atoms with Crippen LogP contribution in [0.25, 0.3) is 21.7 Å². The number of benzene rings is 4. The Hall–Kier alpha value is -3.38. The quantitative estimate of drug-likeness (QED) is 0.244. The Morgan fingerprint density at radius 2 is 1.64 bits per heavy atom. The predicted molar refractivity (Wildman–Crippen MR) is 155 cm³/mol. The number of hydrogen-bond donors (Lipinski definition) is 1. The number of fused-ring (bicyclic) bond motifs is 6. The van der Waals surface area contributed by atoms with Crippen LogP contribution in [0.4, 0.5) is 0 Å². The van der Waals surface area contributed by atoms with Gasteiger partial charge in [0, 0.05) is 33.8 Å². The van der Waals surface area contributed by atoms with E-state index in [9.17, 15) is 5.11 Å². The molecule has 0 amide bonds. The third-order valence-corrected chi connectivity index (χ3v) is 11.0. The van der Waals surface area contributed by atoms with Crippen LogP contribution in [-0.4, -0.2) is 34.4 Å². The standard InChI is InChI=1S/C34H25BrN2O2/c1-37-18-27(20-10-4-11-22(35)15-20)32-17-26(30-23(31(32)38)16-21-7-2-3-14-28(21)36-30)33(39)24-12-5-8-19-9-6-13-25(29(19)24)34(32,33)37/h2-16,26-27,39H,17-18H2,1H3/t26-,27+,32-,33-,34+/m0/s1. The fourth-order valence-electron chi connectivity index (χ4n) is 9.44. The minimum Gasteiger partial charge on any atom is -0.382 e. The smallest absolute Gasteiger partial charge is 0.173 e. The van der Waals surface area contributed by atoms with Crippen molar-refractivity contribution in [1.82, 2.24) is 9.88 Å². The first-order chi connectivity index (χ1) is 18.9. The van der Waals surface area contributed by atoms with E-state index in [1.165, 1.54) is 0 Å². The molecule has 190 valence electrons. The van der Waals surface area contributed by atoms with Gasteiger partial charge in [0.15, 0.2) is 5.78 Å². The highest BCUT2D eigenvalue weighted by atomic mass is 79.9. The molecule has 2 spiro atoms. The highest BCUT2D eigenvalue weighted by Crippen LogP contribution is 2.81. The molecule has 4 aromatic carbocycles. The van der Waals surface area contributed by atoms with Crippen molar-refractivity contribution >= 4 is 43.4 Å². The number of carbonyl (C=O) groups is 1. The van der Waals surface area contributed by atoms with E-state index in [0.29, 0.717) is 18.5 Å². The predicted octanol–water partition coefficient (Wildman–Crippen LogP) is 6.65. The molecule has 1 N–H and O–H groups in total. The Morgan fingerprint density at radius 1 is 0.897 bits per heavy atom. The van der Waals surface area contributed by atoms with Crippen molar-refractivity contribution in [2.45, 2.75) is 29.4 Å². The summed E-state index contributed by atoms with van der Waals surface area (Å²) < 4.78 is 0.998. The maximum Gasteiger partial charge on any atom is 0.173 e. The van der Waals surface area contributed by atoms with Gasteiger partial charge in [0.25, 0.3) is 0 Å². The third-order valence-electron chi connectivity index (χ3n) is 10.5. The molecule has 0 radical (unpaired) electrons. The zero-order chi connectivity index (χ0) is 26.3. The van der Waals surface area contributed by atoms with Gasteiger partial charge < -0.3 is 5.11 Å². The molecule has 0 unspecified atom stereocenters. The van der Waals surface area contributed by atoms with Crippen molar-refractivity contribution in [2.75, 3.05) is 13.6 Å². The topological polar surface area (TPSA) is 53.4 Å². The molecule has 5 aromatic rings. The molecule has 1 saturated carbocycles. The van der Waals surface area contributed by atoms with E-state index in [1.807, 2.05) is 42.5 Å². The molecular formula is C34H25BrN2O2. The van der Waals surface area contributed by atoms with Gasteiger partial charge in [0.1, 0.15) is 5.60 Å². The molecule has 2 bridgehead atoms. The molecular weight excluding hydrogens is 548 g/mol. The SMILES string of the molecule is CN1C[C@H](c2cccc(Br)c2)[C@@]23C[C@@H](c4nc5ccccc5cc4C2=O)[C@@]2(O)c4cccc5cccc(c45)[C@@]132. The Labute approximate surface area is 234 Å². The van der Waals surface area contributed by atoms with Crippen molar-refractivity contribution in [3.8, 4) is 0 Å². The van der Waals surface area contributed by atoms with Crippen LogP contribution in [0.1, 0.15) is 51.0 Å². The van der Waals surface area contributed by atoms with E-state index in [-0.39, 0.29) is 17.6 Å². The molecule has 2 fully saturated rings. The lowest BCUT2D eigenvalue weighted by Gasteiger charge is -2.48. The molecule has 1 aromatic heterocycles. The van der Waals surface area contributed by atoms with Gasteiger partial charge in [-0.15, -0.1) is 0 Å². The number of pyridine rings is 1. The van der Waals surface area contributed by atoms with E-state index in [4.69, 9.17) is 4.98 Å². The van der Waals surface area contributed by atoms with Crippen molar-refractivity contribution in [3.63, 3.8) is 0 Å². The Bertz CT molecular complexity index is 1930. The van der Waals surface area contributed by atoms with Crippen LogP contribution in [0.15, 0.2) is 95.5 Å². The van der Waals surface area contributed by atoms with Crippen molar-refractivity contribution < 1.29 is 9.90 Å². The minimum atomic E-state index is -1.30. The first kappa shape index (κ1) is 22.4. The zero-order valence-electron chi connectivity index (χ0n) is 21.4. The number of halogens is 1. The summed E-state index contributed by atoms with van der Waals surface area (Å²) >= 11 is 3.68. The number of aliphatic hydroxyl groups is 1. The van der Waals surface area contributed by atoms with Crippen LogP contribution in [0.2, 0.25) is 0 Å². The van der Waals surface area contributed by atoms with Gasteiger partial charge in [-0.1, -0.05) is 82.7 Å². The number of carbonyl (C=O) groups excluding carboxylic acids is 1. The number of aromatic nitrogens is 1. The first-order valence-electron chi connectivity index (χ1n) is 13.6. The van der Waals surface area contributed by atoms with E-state index >= 15 is 4.79 Å². The van der Waals surface area contributed by atoms with E-state index < -0.39 is 16.6 Å². The third kappa shape index (κ3) is 2.23. The van der Waals surface area contributed by atoms with Crippen LogP contribution < -0.4 is 0 Å². The van der Waals surface area contributed by atoms with Crippen LogP contribution in [0.3, 0.4) is 0 Å². The van der Waals surface area contributed by atoms with Gasteiger partial charge in [0.05, 0.1) is 22.2 Å². The molecule has 1 aliphatic heterocycles. The number of nitrogens with zero attached hydrogens (tertiary/aromatic N) is 2. The summed E-state index contributed by atoms with van der Waals surface area (Å²) in [7, 11) is 2.11. The van der Waals surface area contributed by atoms with Gasteiger partial charge >= 0.3 is 0 Å². The summed E-state index contributed by atoms with van der Waals surface area (Å²) in [5.74, 6) is -0.291. The number of Topliss-reactive ketones (excluding diaryl/α,β-unsaturated/α-hetero) is 1. The van der Waals surface area contributed by atoms with E-state index in [1.54, 1.807) is 0 Å². The minimum absolute atomic E-state index is 0.0896. The lowest BCUT2D eigenvalue weighted by molar-refractivity contribution is -0.104. The van der Waals surface area contributed by atoms with Gasteiger partial charge in [-0.3, -0.25) is 14.7 Å².